The molecule has 1 aromatic rings. The van der Waals surface area contributed by atoms with E-state index in [-0.39, 0.29) is 0 Å². The Morgan fingerprint density at radius 3 is 2.72 bits per heavy atom. The molecule has 1 aromatic heterocycles. The lowest BCUT2D eigenvalue weighted by atomic mass is 10.2. The molecule has 0 bridgehead atoms. The molecular weight excluding hydrogens is 224 g/mol. The largest absolute Gasteiger partial charge is 0.477 e. The third-order valence-electron chi connectivity index (χ3n) is 2.65. The van der Waals surface area contributed by atoms with Gasteiger partial charge in [-0.2, -0.15) is 0 Å². The molecule has 3 nitrogen and oxygen atoms in total. The van der Waals surface area contributed by atoms with Crippen molar-refractivity contribution in [1.29, 1.82) is 0 Å². The van der Waals surface area contributed by atoms with Crippen molar-refractivity contribution in [1.82, 2.24) is 10.3 Å². The molecule has 1 N–H and O–H groups in total. The first-order valence-electron chi connectivity index (χ1n) is 6.46. The van der Waals surface area contributed by atoms with Gasteiger partial charge in [0.05, 0.1) is 6.61 Å². The molecule has 0 fully saturated rings. The molecule has 0 aromatic carbocycles. The van der Waals surface area contributed by atoms with Crippen molar-refractivity contribution in [2.75, 3.05) is 6.61 Å². The molecule has 100 valence electrons. The lowest BCUT2D eigenvalue weighted by Gasteiger charge is -2.11. The zero-order valence-electron chi connectivity index (χ0n) is 11.9. The standard InChI is InChI=1S/C15H24N2O/c1-11(2)8-9-18-15-7-6-14(13(5)17-15)10-16-12(3)4/h6-7,12,16H,1,8-10H2,2-5H3. The van der Waals surface area contributed by atoms with Crippen LogP contribution in [0.5, 0.6) is 5.88 Å². The number of pyridine rings is 1. The van der Waals surface area contributed by atoms with Crippen LogP contribution in [0.25, 0.3) is 0 Å². The Labute approximate surface area is 110 Å². The molecule has 0 aliphatic carbocycles. The Kier molecular flexibility index (Phi) is 5.86. The van der Waals surface area contributed by atoms with Crippen LogP contribution in [-0.4, -0.2) is 17.6 Å². The van der Waals surface area contributed by atoms with Gasteiger partial charge < -0.3 is 10.1 Å². The first-order valence-corrected chi connectivity index (χ1v) is 6.46. The quantitative estimate of drug-likeness (QED) is 0.752. The van der Waals surface area contributed by atoms with Gasteiger partial charge in [-0.1, -0.05) is 25.5 Å². The second-order valence-corrected chi connectivity index (χ2v) is 4.99. The molecule has 1 rings (SSSR count). The highest BCUT2D eigenvalue weighted by Gasteiger charge is 2.03. The van der Waals surface area contributed by atoms with Gasteiger partial charge in [0.15, 0.2) is 0 Å². The fraction of sp³-hybridized carbons (Fsp3) is 0.533. The van der Waals surface area contributed by atoms with E-state index in [1.54, 1.807) is 0 Å². The zero-order chi connectivity index (χ0) is 13.5. The van der Waals surface area contributed by atoms with Crippen LogP contribution in [0.1, 0.15) is 38.4 Å². The van der Waals surface area contributed by atoms with E-state index < -0.39 is 0 Å². The molecule has 0 spiro atoms. The summed E-state index contributed by atoms with van der Waals surface area (Å²) in [7, 11) is 0. The van der Waals surface area contributed by atoms with E-state index in [2.05, 4.69) is 36.8 Å². The summed E-state index contributed by atoms with van der Waals surface area (Å²) in [5.74, 6) is 0.696. The van der Waals surface area contributed by atoms with Gasteiger partial charge in [-0.05, 0) is 19.4 Å². The van der Waals surface area contributed by atoms with Crippen molar-refractivity contribution in [3.05, 3.63) is 35.5 Å². The highest BCUT2D eigenvalue weighted by molar-refractivity contribution is 5.24. The van der Waals surface area contributed by atoms with Gasteiger partial charge >= 0.3 is 0 Å². The van der Waals surface area contributed by atoms with Crippen molar-refractivity contribution in [3.8, 4) is 5.88 Å². The van der Waals surface area contributed by atoms with Crippen molar-refractivity contribution in [2.24, 2.45) is 0 Å². The molecule has 0 saturated heterocycles. The molecule has 3 heteroatoms. The summed E-state index contributed by atoms with van der Waals surface area (Å²) in [6.07, 6.45) is 0.872. The van der Waals surface area contributed by atoms with Crippen LogP contribution in [0.4, 0.5) is 0 Å². The van der Waals surface area contributed by atoms with Crippen LogP contribution in [0.15, 0.2) is 24.3 Å². The Balaban J connectivity index is 2.53. The Morgan fingerprint density at radius 2 is 2.17 bits per heavy atom. The number of rotatable bonds is 7. The van der Waals surface area contributed by atoms with Gasteiger partial charge in [-0.3, -0.25) is 0 Å². The van der Waals surface area contributed by atoms with Crippen LogP contribution >= 0.6 is 0 Å². The van der Waals surface area contributed by atoms with Gasteiger partial charge in [0.25, 0.3) is 0 Å². The average Bonchev–Trinajstić information content (AvgIpc) is 2.27. The normalized spacial score (nSPS) is 10.7. The molecule has 0 atom stereocenters. The smallest absolute Gasteiger partial charge is 0.213 e. The molecule has 0 aliphatic rings. The van der Waals surface area contributed by atoms with Crippen LogP contribution in [0.3, 0.4) is 0 Å². The Hall–Kier alpha value is -1.35. The van der Waals surface area contributed by atoms with E-state index in [1.165, 1.54) is 5.56 Å². The number of hydrogen-bond donors (Lipinski definition) is 1. The lowest BCUT2D eigenvalue weighted by molar-refractivity contribution is 0.308. The first kappa shape index (κ1) is 14.7. The molecule has 0 radical (unpaired) electrons. The Morgan fingerprint density at radius 1 is 1.44 bits per heavy atom. The van der Waals surface area contributed by atoms with E-state index in [0.717, 1.165) is 24.2 Å². The summed E-state index contributed by atoms with van der Waals surface area (Å²) in [6, 6.07) is 4.49. The summed E-state index contributed by atoms with van der Waals surface area (Å²) in [4.78, 5) is 4.46. The fourth-order valence-electron chi connectivity index (χ4n) is 1.48. The number of nitrogens with zero attached hydrogens (tertiary/aromatic N) is 1. The maximum atomic E-state index is 5.59. The maximum absolute atomic E-state index is 5.59. The molecule has 18 heavy (non-hydrogen) atoms. The number of aromatic nitrogens is 1. The third-order valence-corrected chi connectivity index (χ3v) is 2.65. The fourth-order valence-corrected chi connectivity index (χ4v) is 1.48. The second kappa shape index (κ2) is 7.17. The Bertz CT molecular complexity index is 399. The van der Waals surface area contributed by atoms with Crippen LogP contribution in [0, 0.1) is 6.92 Å². The topological polar surface area (TPSA) is 34.1 Å². The van der Waals surface area contributed by atoms with E-state index in [0.29, 0.717) is 18.5 Å². The highest BCUT2D eigenvalue weighted by atomic mass is 16.5. The van der Waals surface area contributed by atoms with E-state index in [4.69, 9.17) is 4.74 Å². The highest BCUT2D eigenvalue weighted by Crippen LogP contribution is 2.13. The third kappa shape index (κ3) is 5.32. The van der Waals surface area contributed by atoms with Crippen molar-refractivity contribution in [2.45, 2.75) is 46.7 Å². The maximum Gasteiger partial charge on any atom is 0.213 e. The predicted octanol–water partition coefficient (Wildman–Crippen LogP) is 3.23. The van der Waals surface area contributed by atoms with Gasteiger partial charge in [-0.25, -0.2) is 4.98 Å². The number of aryl methyl sites for hydroxylation is 1. The van der Waals surface area contributed by atoms with Gasteiger partial charge in [-0.15, -0.1) is 6.58 Å². The summed E-state index contributed by atoms with van der Waals surface area (Å²) in [5, 5.41) is 3.39. The average molecular weight is 248 g/mol. The summed E-state index contributed by atoms with van der Waals surface area (Å²) < 4.78 is 5.59. The summed E-state index contributed by atoms with van der Waals surface area (Å²) in [6.45, 7) is 13.6. The summed E-state index contributed by atoms with van der Waals surface area (Å²) >= 11 is 0. The van der Waals surface area contributed by atoms with Gasteiger partial charge in [0.2, 0.25) is 5.88 Å². The zero-order valence-corrected chi connectivity index (χ0v) is 11.9. The van der Waals surface area contributed by atoms with Crippen LogP contribution in [0.2, 0.25) is 0 Å². The van der Waals surface area contributed by atoms with Crippen molar-refractivity contribution < 1.29 is 4.74 Å². The number of nitrogens with one attached hydrogen (secondary N) is 1. The minimum absolute atomic E-state index is 0.482. The van der Waals surface area contributed by atoms with Crippen LogP contribution in [-0.2, 0) is 6.54 Å². The molecule has 1 heterocycles. The van der Waals surface area contributed by atoms with E-state index in [1.807, 2.05) is 19.9 Å². The molecule has 0 amide bonds. The SMILES string of the molecule is C=C(C)CCOc1ccc(CNC(C)C)c(C)n1. The van der Waals surface area contributed by atoms with Gasteiger partial charge in [0, 0.05) is 30.8 Å². The number of hydrogen-bond acceptors (Lipinski definition) is 3. The van der Waals surface area contributed by atoms with Crippen molar-refractivity contribution >= 4 is 0 Å². The molecule has 0 unspecified atom stereocenters. The number of ether oxygens (including phenoxy) is 1. The van der Waals surface area contributed by atoms with Gasteiger partial charge in [0.1, 0.15) is 0 Å². The van der Waals surface area contributed by atoms with Crippen LogP contribution < -0.4 is 10.1 Å². The predicted molar refractivity (Wildman–Crippen MR) is 75.9 cm³/mol. The molecule has 0 aliphatic heterocycles. The monoisotopic (exact) mass is 248 g/mol. The minimum Gasteiger partial charge on any atom is -0.477 e. The summed E-state index contributed by atoms with van der Waals surface area (Å²) in [5.41, 5.74) is 3.37. The van der Waals surface area contributed by atoms with Crippen molar-refractivity contribution in [3.63, 3.8) is 0 Å². The molecule has 0 saturated carbocycles. The van der Waals surface area contributed by atoms with E-state index >= 15 is 0 Å². The van der Waals surface area contributed by atoms with E-state index in [9.17, 15) is 0 Å². The minimum atomic E-state index is 0.482. The molecular formula is C15H24N2O. The lowest BCUT2D eigenvalue weighted by Crippen LogP contribution is -2.22. The first-order chi connectivity index (χ1) is 8.49. The second-order valence-electron chi connectivity index (χ2n) is 4.99.